The summed E-state index contributed by atoms with van der Waals surface area (Å²) in [5, 5.41) is 26.8. The van der Waals surface area contributed by atoms with E-state index in [0.29, 0.717) is 11.1 Å². The highest BCUT2D eigenvalue weighted by atomic mass is 28.4. The molecule has 2 aliphatic carbocycles. The highest BCUT2D eigenvalue weighted by Gasteiger charge is 2.83. The molecule has 11 heteroatoms. The standard InChI is InChI=1S/C35H38N2O8Si/c1-7-46(8-2,9-3)44-19(4)34-25-14-12-10-11-13-15-26(39)35(34,45-34)22-17-23(38)28-29(30(22)37-25)31(40)20-16-24(42-5)21(18-36)33(43-6)27(20)32(28)41/h10-11,16-17,19,25-26,37-39H,7-9,18,36H2,1-6H3/b11-10-/t19-,25+,26-,34+,35+/m1/s1. The van der Waals surface area contributed by atoms with Crippen LogP contribution in [0.4, 0.5) is 5.69 Å². The number of aromatic hydroxyl groups is 1. The number of ketones is 2. The Morgan fingerprint density at radius 3 is 2.30 bits per heavy atom. The summed E-state index contributed by atoms with van der Waals surface area (Å²) >= 11 is 0. The van der Waals surface area contributed by atoms with Crippen molar-refractivity contribution in [2.75, 3.05) is 19.5 Å². The van der Waals surface area contributed by atoms with Gasteiger partial charge in [0.2, 0.25) is 5.78 Å². The Morgan fingerprint density at radius 2 is 1.70 bits per heavy atom. The Morgan fingerprint density at radius 1 is 1.02 bits per heavy atom. The number of aliphatic hydroxyl groups is 1. The van der Waals surface area contributed by atoms with E-state index in [1.54, 1.807) is 12.2 Å². The number of carbonyl (C=O) groups excluding carboxylic acids is 2. The number of rotatable bonds is 9. The molecule has 2 heterocycles. The van der Waals surface area contributed by atoms with Gasteiger partial charge in [0.15, 0.2) is 31.4 Å². The van der Waals surface area contributed by atoms with Crippen molar-refractivity contribution in [3.05, 3.63) is 57.7 Å². The number of benzene rings is 2. The lowest BCUT2D eigenvalue weighted by atomic mass is 9.69. The van der Waals surface area contributed by atoms with Gasteiger partial charge in [-0.2, -0.15) is 0 Å². The summed E-state index contributed by atoms with van der Waals surface area (Å²) in [5.41, 5.74) is 3.92. The number of aliphatic hydroxyl groups excluding tert-OH is 1. The SMILES string of the molecule is CC[Si](CC)(CC)O[C@H](C)[C@@]12O[C@]13c1cc(O)c4c(c1N[C@H]2C#C/C=C\C#C[C@H]3O)C(=O)c1cc(OC)c(CN)c(OC)c1C4=O. The zero-order valence-electron chi connectivity index (χ0n) is 26.8. The highest BCUT2D eigenvalue weighted by molar-refractivity contribution is 6.73. The second kappa shape index (κ2) is 11.3. The fraction of sp³-hybridized carbons (Fsp3) is 0.429. The molecule has 2 bridgehead atoms. The molecule has 4 aliphatic rings. The van der Waals surface area contributed by atoms with Gasteiger partial charge in [-0.15, -0.1) is 0 Å². The number of allylic oxidation sites excluding steroid dienone is 2. The molecule has 0 spiro atoms. The van der Waals surface area contributed by atoms with Crippen LogP contribution >= 0.6 is 0 Å². The van der Waals surface area contributed by atoms with Crippen molar-refractivity contribution in [1.29, 1.82) is 0 Å². The van der Waals surface area contributed by atoms with Crippen molar-refractivity contribution in [3.8, 4) is 40.9 Å². The van der Waals surface area contributed by atoms with Crippen LogP contribution in [0.15, 0.2) is 24.3 Å². The Bertz CT molecular complexity index is 1820. The van der Waals surface area contributed by atoms with E-state index in [-0.39, 0.29) is 46.0 Å². The Labute approximate surface area is 269 Å². The largest absolute Gasteiger partial charge is 0.507 e. The van der Waals surface area contributed by atoms with Crippen LogP contribution in [0.1, 0.15) is 70.7 Å². The van der Waals surface area contributed by atoms with Gasteiger partial charge in [-0.1, -0.05) is 44.5 Å². The third-order valence-corrected chi connectivity index (χ3v) is 15.0. The number of ether oxygens (including phenoxy) is 3. The van der Waals surface area contributed by atoms with Crippen LogP contribution in [-0.2, 0) is 21.3 Å². The molecule has 0 amide bonds. The molecular weight excluding hydrogens is 604 g/mol. The first-order valence-electron chi connectivity index (χ1n) is 15.5. The lowest BCUT2D eigenvalue weighted by molar-refractivity contribution is 0.0964. The Hall–Kier alpha value is -4.10. The summed E-state index contributed by atoms with van der Waals surface area (Å²) in [6.07, 6.45) is 1.18. The van der Waals surface area contributed by atoms with Gasteiger partial charge in [-0.25, -0.2) is 0 Å². The minimum atomic E-state index is -2.19. The third-order valence-electron chi connectivity index (χ3n) is 10.2. The summed E-state index contributed by atoms with van der Waals surface area (Å²) in [7, 11) is 0.627. The molecule has 0 aromatic heterocycles. The van der Waals surface area contributed by atoms with Crippen molar-refractivity contribution in [2.24, 2.45) is 5.73 Å². The fourth-order valence-electron chi connectivity index (χ4n) is 7.63. The van der Waals surface area contributed by atoms with E-state index >= 15 is 0 Å². The number of carbonyl (C=O) groups is 2. The smallest absolute Gasteiger partial charge is 0.202 e. The van der Waals surface area contributed by atoms with Gasteiger partial charge >= 0.3 is 0 Å². The second-order valence-electron chi connectivity index (χ2n) is 12.0. The molecule has 1 saturated heterocycles. The lowest BCUT2D eigenvalue weighted by Gasteiger charge is -2.41. The number of hydrogen-bond donors (Lipinski definition) is 4. The van der Waals surface area contributed by atoms with Gasteiger partial charge in [0.05, 0.1) is 48.3 Å². The van der Waals surface area contributed by atoms with Crippen LogP contribution < -0.4 is 20.5 Å². The predicted molar refractivity (Wildman–Crippen MR) is 174 cm³/mol. The van der Waals surface area contributed by atoms with Crippen LogP contribution in [0.3, 0.4) is 0 Å². The first-order valence-corrected chi connectivity index (χ1v) is 18.1. The molecule has 10 nitrogen and oxygen atoms in total. The predicted octanol–water partition coefficient (Wildman–Crippen LogP) is 3.75. The number of epoxide rings is 1. The first kappa shape index (κ1) is 31.9. The van der Waals surface area contributed by atoms with E-state index in [1.807, 2.05) is 6.92 Å². The maximum Gasteiger partial charge on any atom is 0.202 e. The quantitative estimate of drug-likeness (QED) is 0.118. The van der Waals surface area contributed by atoms with E-state index in [4.69, 9.17) is 24.4 Å². The van der Waals surface area contributed by atoms with Crippen LogP contribution in [-0.4, -0.2) is 68.2 Å². The molecule has 2 aliphatic heterocycles. The number of fused-ring (bicyclic) bond motifs is 4. The topological polar surface area (TPSA) is 153 Å². The molecule has 6 rings (SSSR count). The fourth-order valence-corrected chi connectivity index (χ4v) is 10.6. The van der Waals surface area contributed by atoms with Crippen LogP contribution in [0.5, 0.6) is 17.2 Å². The molecule has 5 N–H and O–H groups in total. The molecule has 2 aromatic rings. The van der Waals surface area contributed by atoms with E-state index in [2.05, 4.69) is 49.8 Å². The average molecular weight is 643 g/mol. The van der Waals surface area contributed by atoms with Gasteiger partial charge < -0.3 is 39.9 Å². The minimum absolute atomic E-state index is 0.0113. The van der Waals surface area contributed by atoms with Crippen LogP contribution in [0, 0.1) is 23.7 Å². The molecule has 2 aromatic carbocycles. The number of anilines is 1. The number of hydrogen-bond acceptors (Lipinski definition) is 10. The normalized spacial score (nSPS) is 26.3. The summed E-state index contributed by atoms with van der Waals surface area (Å²) in [4.78, 5) is 28.7. The van der Waals surface area contributed by atoms with Gasteiger partial charge in [0.25, 0.3) is 0 Å². The first-order chi connectivity index (χ1) is 22.1. The van der Waals surface area contributed by atoms with Gasteiger partial charge in [0.1, 0.15) is 23.3 Å². The molecule has 0 unspecified atom stereocenters. The van der Waals surface area contributed by atoms with E-state index in [0.717, 1.165) is 18.1 Å². The number of nitrogens with two attached hydrogens (primary N) is 1. The van der Waals surface area contributed by atoms with Crippen LogP contribution in [0.2, 0.25) is 18.1 Å². The molecule has 0 radical (unpaired) electrons. The van der Waals surface area contributed by atoms with Crippen molar-refractivity contribution < 1.29 is 38.4 Å². The summed E-state index contributed by atoms with van der Waals surface area (Å²) in [6.45, 7) is 8.30. The Balaban J connectivity index is 1.62. The summed E-state index contributed by atoms with van der Waals surface area (Å²) < 4.78 is 24.8. The summed E-state index contributed by atoms with van der Waals surface area (Å²) in [6, 6.07) is 4.74. The lowest BCUT2D eigenvalue weighted by Crippen LogP contribution is -2.57. The molecule has 0 saturated carbocycles. The van der Waals surface area contributed by atoms with Gasteiger partial charge in [-0.05, 0) is 49.3 Å². The maximum absolute atomic E-state index is 14.5. The highest BCUT2D eigenvalue weighted by Crippen LogP contribution is 2.68. The average Bonchev–Trinajstić information content (AvgIpc) is 3.80. The molecule has 5 atom stereocenters. The van der Waals surface area contributed by atoms with Crippen molar-refractivity contribution in [2.45, 2.75) is 81.8 Å². The van der Waals surface area contributed by atoms with E-state index in [9.17, 15) is 19.8 Å². The zero-order valence-corrected chi connectivity index (χ0v) is 27.8. The third kappa shape index (κ3) is 4.06. The van der Waals surface area contributed by atoms with E-state index < -0.39 is 55.1 Å². The molecule has 240 valence electrons. The van der Waals surface area contributed by atoms with Crippen molar-refractivity contribution in [3.63, 3.8) is 0 Å². The minimum Gasteiger partial charge on any atom is -0.507 e. The van der Waals surface area contributed by atoms with Crippen LogP contribution in [0.25, 0.3) is 0 Å². The number of methoxy groups -OCH3 is 2. The van der Waals surface area contributed by atoms with Gasteiger partial charge in [0, 0.05) is 17.7 Å². The van der Waals surface area contributed by atoms with Gasteiger partial charge in [-0.3, -0.25) is 9.59 Å². The van der Waals surface area contributed by atoms with Crippen molar-refractivity contribution >= 4 is 25.6 Å². The zero-order chi connectivity index (χ0) is 33.2. The number of phenolic OH excluding ortho intramolecular Hbond substituents is 1. The number of phenols is 1. The molecular formula is C35H38N2O8Si. The second-order valence-corrected chi connectivity index (χ2v) is 16.7. The monoisotopic (exact) mass is 642 g/mol. The summed E-state index contributed by atoms with van der Waals surface area (Å²) in [5.74, 6) is 10.7. The van der Waals surface area contributed by atoms with E-state index in [1.165, 1.54) is 26.4 Å². The molecule has 46 heavy (non-hydrogen) atoms. The van der Waals surface area contributed by atoms with Crippen molar-refractivity contribution in [1.82, 2.24) is 0 Å². The molecule has 1 fully saturated rings. The Kier molecular flexibility index (Phi) is 7.83. The number of nitrogens with one attached hydrogen (secondary N) is 1. The maximum atomic E-state index is 14.5.